The number of carbonyl (C=O) groups is 1. The van der Waals surface area contributed by atoms with E-state index in [1.54, 1.807) is 11.0 Å². The highest BCUT2D eigenvalue weighted by molar-refractivity contribution is 7.99. The molecule has 7 nitrogen and oxygen atoms in total. The van der Waals surface area contributed by atoms with Gasteiger partial charge in [0.1, 0.15) is 5.82 Å². The van der Waals surface area contributed by atoms with Crippen LogP contribution in [-0.2, 0) is 21.4 Å². The predicted molar refractivity (Wildman–Crippen MR) is 122 cm³/mol. The first kappa shape index (κ1) is 22.5. The summed E-state index contributed by atoms with van der Waals surface area (Å²) in [6.07, 6.45) is 1.79. The molecule has 1 aliphatic heterocycles. The molecule has 32 heavy (non-hydrogen) atoms. The molecule has 1 amide bonds. The minimum absolute atomic E-state index is 0.0513. The molecule has 2 aromatic carbocycles. The number of allylic oxidation sites excluding steroid dienone is 1. The maximum Gasteiger partial charge on any atom is 0.243 e. The summed E-state index contributed by atoms with van der Waals surface area (Å²) in [5, 5.41) is 0.747. The number of para-hydroxylation sites is 2. The Hall–Kier alpha value is -2.69. The van der Waals surface area contributed by atoms with Gasteiger partial charge in [0, 0.05) is 32.7 Å². The first-order valence-electron chi connectivity index (χ1n) is 10.1. The first-order valence-corrected chi connectivity index (χ1v) is 12.5. The Labute approximate surface area is 190 Å². The third-order valence-corrected chi connectivity index (χ3v) is 8.17. The molecule has 1 saturated heterocycles. The molecule has 168 valence electrons. The molecular weight excluding hydrogens is 451 g/mol. The van der Waals surface area contributed by atoms with E-state index in [0.717, 1.165) is 28.3 Å². The Kier molecular flexibility index (Phi) is 6.63. The Morgan fingerprint density at radius 1 is 1.09 bits per heavy atom. The topological polar surface area (TPSA) is 75.5 Å². The maximum atomic E-state index is 13.1. The van der Waals surface area contributed by atoms with E-state index in [-0.39, 0.29) is 29.6 Å². The monoisotopic (exact) mass is 474 g/mol. The average molecular weight is 475 g/mol. The fourth-order valence-corrected chi connectivity index (χ4v) is 5.97. The van der Waals surface area contributed by atoms with Gasteiger partial charge in [-0.3, -0.25) is 4.79 Å². The lowest BCUT2D eigenvalue weighted by molar-refractivity contribution is -0.129. The summed E-state index contributed by atoms with van der Waals surface area (Å²) >= 11 is 1.36. The third-order valence-electron chi connectivity index (χ3n) is 5.30. The molecule has 1 aromatic heterocycles. The van der Waals surface area contributed by atoms with Crippen LogP contribution in [0.2, 0.25) is 0 Å². The zero-order valence-electron chi connectivity index (χ0n) is 17.4. The molecule has 0 radical (unpaired) electrons. The molecule has 0 atom stereocenters. The summed E-state index contributed by atoms with van der Waals surface area (Å²) in [5.74, 6) is -0.338. The molecule has 0 spiro atoms. The number of fused-ring (bicyclic) bond motifs is 1. The van der Waals surface area contributed by atoms with Crippen molar-refractivity contribution < 1.29 is 17.6 Å². The summed E-state index contributed by atoms with van der Waals surface area (Å²) < 4.78 is 42.0. The number of carbonyl (C=O) groups excluding carboxylic acids is 1. The highest BCUT2D eigenvalue weighted by Gasteiger charge is 2.30. The smallest absolute Gasteiger partial charge is 0.243 e. The van der Waals surface area contributed by atoms with Crippen LogP contribution in [0.1, 0.15) is 0 Å². The lowest BCUT2D eigenvalue weighted by Gasteiger charge is -2.34. The lowest BCUT2D eigenvalue weighted by atomic mass is 10.3. The first-order chi connectivity index (χ1) is 15.4. The molecule has 0 bridgehead atoms. The minimum atomic E-state index is -3.71. The van der Waals surface area contributed by atoms with Crippen molar-refractivity contribution in [3.05, 3.63) is 67.0 Å². The van der Waals surface area contributed by atoms with Gasteiger partial charge in [-0.25, -0.2) is 17.8 Å². The van der Waals surface area contributed by atoms with Gasteiger partial charge < -0.3 is 9.47 Å². The molecule has 10 heteroatoms. The summed E-state index contributed by atoms with van der Waals surface area (Å²) in [4.78, 5) is 19.1. The minimum Gasteiger partial charge on any atom is -0.339 e. The van der Waals surface area contributed by atoms with Crippen molar-refractivity contribution in [3.63, 3.8) is 0 Å². The normalized spacial score (nSPS) is 15.2. The number of piperazine rings is 1. The number of sulfonamides is 1. The van der Waals surface area contributed by atoms with E-state index in [1.807, 2.05) is 28.8 Å². The zero-order valence-corrected chi connectivity index (χ0v) is 19.0. The highest BCUT2D eigenvalue weighted by Crippen LogP contribution is 2.25. The molecule has 1 aliphatic rings. The van der Waals surface area contributed by atoms with E-state index < -0.39 is 15.8 Å². The van der Waals surface area contributed by atoms with E-state index in [2.05, 4.69) is 11.6 Å². The molecule has 0 N–H and O–H groups in total. The molecule has 0 unspecified atom stereocenters. The summed E-state index contributed by atoms with van der Waals surface area (Å²) in [6, 6.07) is 12.6. The molecule has 3 aromatic rings. The highest BCUT2D eigenvalue weighted by atomic mass is 32.2. The van der Waals surface area contributed by atoms with Crippen molar-refractivity contribution in [1.82, 2.24) is 18.8 Å². The molecule has 0 saturated carbocycles. The Morgan fingerprint density at radius 2 is 1.78 bits per heavy atom. The van der Waals surface area contributed by atoms with Crippen LogP contribution in [0.25, 0.3) is 11.0 Å². The van der Waals surface area contributed by atoms with Crippen LogP contribution in [0.4, 0.5) is 4.39 Å². The number of thioether (sulfide) groups is 1. The average Bonchev–Trinajstić information content (AvgIpc) is 3.15. The second kappa shape index (κ2) is 9.43. The van der Waals surface area contributed by atoms with Crippen molar-refractivity contribution in [1.29, 1.82) is 0 Å². The lowest BCUT2D eigenvalue weighted by Crippen LogP contribution is -2.50. The Morgan fingerprint density at radius 3 is 2.47 bits per heavy atom. The van der Waals surface area contributed by atoms with Gasteiger partial charge in [0.25, 0.3) is 0 Å². The Bertz CT molecular complexity index is 1230. The zero-order chi connectivity index (χ0) is 22.7. The van der Waals surface area contributed by atoms with Gasteiger partial charge in [0.05, 0.1) is 21.7 Å². The fraction of sp³-hybridized carbons (Fsp3) is 0.273. The van der Waals surface area contributed by atoms with Crippen LogP contribution in [0.15, 0.2) is 71.2 Å². The predicted octanol–water partition coefficient (Wildman–Crippen LogP) is 2.99. The van der Waals surface area contributed by atoms with Crippen LogP contribution in [0, 0.1) is 5.82 Å². The summed E-state index contributed by atoms with van der Waals surface area (Å²) in [6.45, 7) is 5.41. The quantitative estimate of drug-likeness (QED) is 0.389. The number of halogens is 1. The number of imidazole rings is 1. The largest absolute Gasteiger partial charge is 0.339 e. The SMILES string of the molecule is C=CCn1c(SCC(=O)N2CCN(S(=O)(=O)c3ccc(F)cc3)CC2)nc2ccccc21. The number of rotatable bonds is 7. The Balaban J connectivity index is 1.37. The van der Waals surface area contributed by atoms with Crippen LogP contribution in [0.3, 0.4) is 0 Å². The maximum absolute atomic E-state index is 13.1. The second-order valence-corrected chi connectivity index (χ2v) is 10.2. The number of aromatic nitrogens is 2. The van der Waals surface area contributed by atoms with E-state index in [4.69, 9.17) is 0 Å². The number of benzene rings is 2. The molecule has 4 rings (SSSR count). The standard InChI is InChI=1S/C22H23FN4O3S2/c1-2-11-27-20-6-4-3-5-19(20)24-22(27)31-16-21(28)25-12-14-26(15-13-25)32(29,30)18-9-7-17(23)8-10-18/h2-10H,1,11-16H2. The number of hydrogen-bond acceptors (Lipinski definition) is 5. The van der Waals surface area contributed by atoms with Crippen molar-refractivity contribution in [2.45, 2.75) is 16.6 Å². The summed E-state index contributed by atoms with van der Waals surface area (Å²) in [5.41, 5.74) is 1.85. The van der Waals surface area contributed by atoms with Gasteiger partial charge in [-0.15, -0.1) is 6.58 Å². The van der Waals surface area contributed by atoms with E-state index in [1.165, 1.54) is 28.2 Å². The van der Waals surface area contributed by atoms with Crippen molar-refractivity contribution in [2.75, 3.05) is 31.9 Å². The van der Waals surface area contributed by atoms with Gasteiger partial charge in [0.2, 0.25) is 15.9 Å². The van der Waals surface area contributed by atoms with Crippen LogP contribution >= 0.6 is 11.8 Å². The number of amides is 1. The van der Waals surface area contributed by atoms with Gasteiger partial charge in [0.15, 0.2) is 5.16 Å². The number of hydrogen-bond donors (Lipinski definition) is 0. The molecular formula is C22H23FN4O3S2. The van der Waals surface area contributed by atoms with Crippen molar-refractivity contribution in [3.8, 4) is 0 Å². The van der Waals surface area contributed by atoms with Gasteiger partial charge in [-0.05, 0) is 36.4 Å². The van der Waals surface area contributed by atoms with Gasteiger partial charge >= 0.3 is 0 Å². The van der Waals surface area contributed by atoms with E-state index in [0.29, 0.717) is 19.6 Å². The molecule has 2 heterocycles. The molecule has 0 aliphatic carbocycles. The summed E-state index contributed by atoms with van der Waals surface area (Å²) in [7, 11) is -3.71. The van der Waals surface area contributed by atoms with Crippen LogP contribution < -0.4 is 0 Å². The second-order valence-electron chi connectivity index (χ2n) is 7.31. The van der Waals surface area contributed by atoms with Gasteiger partial charge in [-0.2, -0.15) is 4.31 Å². The third kappa shape index (κ3) is 4.57. The van der Waals surface area contributed by atoms with Gasteiger partial charge in [-0.1, -0.05) is 30.0 Å². The van der Waals surface area contributed by atoms with Crippen molar-refractivity contribution >= 4 is 38.7 Å². The van der Waals surface area contributed by atoms with Crippen LogP contribution in [0.5, 0.6) is 0 Å². The van der Waals surface area contributed by atoms with E-state index in [9.17, 15) is 17.6 Å². The van der Waals surface area contributed by atoms with Crippen molar-refractivity contribution in [2.24, 2.45) is 0 Å². The van der Waals surface area contributed by atoms with Crippen LogP contribution in [-0.4, -0.2) is 65.0 Å². The number of nitrogens with zero attached hydrogens (tertiary/aromatic N) is 4. The van der Waals surface area contributed by atoms with E-state index >= 15 is 0 Å². The molecule has 1 fully saturated rings. The fourth-order valence-electron chi connectivity index (χ4n) is 3.62.